The smallest absolute Gasteiger partial charge is 0.407 e. The van der Waals surface area contributed by atoms with E-state index >= 15 is 0 Å². The molecule has 8 nitrogen and oxygen atoms in total. The van der Waals surface area contributed by atoms with Gasteiger partial charge in [-0.15, -0.1) is 0 Å². The van der Waals surface area contributed by atoms with E-state index in [0.29, 0.717) is 51.7 Å². The maximum atomic E-state index is 12.5. The lowest BCUT2D eigenvalue weighted by Gasteiger charge is -2.60. The number of nitrogens with zero attached hydrogens (tertiary/aromatic N) is 3. The second-order valence-corrected chi connectivity index (χ2v) is 12.9. The second kappa shape index (κ2) is 10.4. The van der Waals surface area contributed by atoms with Crippen LogP contribution in [0.3, 0.4) is 0 Å². The van der Waals surface area contributed by atoms with Crippen molar-refractivity contribution in [3.05, 3.63) is 45.6 Å². The largest absolute Gasteiger partial charge is 0.444 e. The summed E-state index contributed by atoms with van der Waals surface area (Å²) in [6.07, 6.45) is 6.76. The van der Waals surface area contributed by atoms with E-state index in [9.17, 15) is 10.1 Å². The van der Waals surface area contributed by atoms with E-state index in [1.165, 1.54) is 6.20 Å². The molecule has 38 heavy (non-hydrogen) atoms. The van der Waals surface area contributed by atoms with E-state index in [-0.39, 0.29) is 17.6 Å². The van der Waals surface area contributed by atoms with Crippen LogP contribution < -0.4 is 16.0 Å². The molecule has 3 N–H and O–H groups in total. The third-order valence-electron chi connectivity index (χ3n) is 8.09. The molecule has 0 saturated heterocycles. The Kier molecular flexibility index (Phi) is 7.36. The van der Waals surface area contributed by atoms with Crippen molar-refractivity contribution >= 4 is 41.1 Å². The lowest BCUT2D eigenvalue weighted by Crippen LogP contribution is -2.60. The Morgan fingerprint density at radius 1 is 1.18 bits per heavy atom. The van der Waals surface area contributed by atoms with Crippen LogP contribution in [0.4, 0.5) is 16.6 Å². The van der Waals surface area contributed by atoms with Gasteiger partial charge in [-0.3, -0.25) is 0 Å². The van der Waals surface area contributed by atoms with Crippen LogP contribution in [0.15, 0.2) is 24.4 Å². The number of nitrogens with one attached hydrogen (secondary N) is 3. The summed E-state index contributed by atoms with van der Waals surface area (Å²) in [5.41, 5.74) is 0.864. The molecule has 10 heteroatoms. The predicted molar refractivity (Wildman–Crippen MR) is 148 cm³/mol. The fraction of sp³-hybridized carbons (Fsp3) is 0.571. The van der Waals surface area contributed by atoms with Gasteiger partial charge in [-0.2, -0.15) is 10.2 Å². The average molecular weight is 558 g/mol. The third kappa shape index (κ3) is 5.79. The molecule has 4 bridgehead atoms. The summed E-state index contributed by atoms with van der Waals surface area (Å²) in [7, 11) is 0. The zero-order chi connectivity index (χ0) is 27.1. The molecule has 1 heterocycles. The number of hydrogen-bond acceptors (Lipinski definition) is 7. The molecule has 0 radical (unpaired) electrons. The molecule has 202 valence electrons. The van der Waals surface area contributed by atoms with E-state index in [2.05, 4.69) is 32.0 Å². The van der Waals surface area contributed by atoms with Crippen LogP contribution in [0.1, 0.15) is 64.0 Å². The zero-order valence-corrected chi connectivity index (χ0v) is 23.5. The normalized spacial score (nSPS) is 27.5. The molecule has 1 aromatic carbocycles. The first-order valence-corrected chi connectivity index (χ1v) is 14.0. The number of carbonyl (C=O) groups excluding carboxylic acids is 1. The first-order chi connectivity index (χ1) is 18.0. The van der Waals surface area contributed by atoms with Gasteiger partial charge >= 0.3 is 6.09 Å². The molecule has 1 aromatic heterocycles. The molecule has 6 rings (SSSR count). The van der Waals surface area contributed by atoms with Crippen LogP contribution in [0.25, 0.3) is 0 Å². The first-order valence-electron chi connectivity index (χ1n) is 13.2. The Balaban J connectivity index is 1.24. The highest BCUT2D eigenvalue weighted by Crippen LogP contribution is 2.60. The number of aromatic nitrogens is 2. The van der Waals surface area contributed by atoms with Crippen LogP contribution in [-0.2, 0) is 11.3 Å². The third-order valence-corrected chi connectivity index (χ3v) is 8.95. The fourth-order valence-electron chi connectivity index (χ4n) is 6.90. The molecule has 4 saturated carbocycles. The van der Waals surface area contributed by atoms with Crippen molar-refractivity contribution in [3.8, 4) is 6.07 Å². The Bertz CT molecular complexity index is 1240. The molecule has 4 aliphatic rings. The van der Waals surface area contributed by atoms with Crippen LogP contribution in [0.5, 0.6) is 0 Å². The van der Waals surface area contributed by atoms with Crippen molar-refractivity contribution in [2.45, 2.75) is 71.1 Å². The maximum Gasteiger partial charge on any atom is 0.407 e. The molecule has 2 aromatic rings. The number of carbonyl (C=O) groups is 1. The predicted octanol–water partition coefficient (Wildman–Crippen LogP) is 6.40. The Labute approximate surface area is 233 Å². The molecule has 4 aliphatic carbocycles. The highest BCUT2D eigenvalue weighted by molar-refractivity contribution is 6.42. The summed E-state index contributed by atoms with van der Waals surface area (Å²) in [5.74, 6) is 2.50. The van der Waals surface area contributed by atoms with Crippen LogP contribution in [0.2, 0.25) is 10.0 Å². The number of alkyl carbamates (subject to hydrolysis) is 1. The number of halogens is 2. The van der Waals surface area contributed by atoms with Gasteiger partial charge in [0.05, 0.1) is 16.2 Å². The summed E-state index contributed by atoms with van der Waals surface area (Å²) >= 11 is 12.4. The number of amides is 1. The van der Waals surface area contributed by atoms with E-state index in [4.69, 9.17) is 27.9 Å². The van der Waals surface area contributed by atoms with Crippen molar-refractivity contribution in [1.29, 1.82) is 5.26 Å². The summed E-state index contributed by atoms with van der Waals surface area (Å²) < 4.78 is 5.54. The number of rotatable bonds is 7. The minimum Gasteiger partial charge on any atom is -0.444 e. The average Bonchev–Trinajstić information content (AvgIpc) is 2.84. The molecule has 3 unspecified atom stereocenters. The second-order valence-electron chi connectivity index (χ2n) is 12.1. The zero-order valence-electron chi connectivity index (χ0n) is 22.0. The number of benzene rings is 1. The number of ether oxygens (including phenoxy) is 1. The van der Waals surface area contributed by atoms with Gasteiger partial charge in [0.2, 0.25) is 5.95 Å². The Morgan fingerprint density at radius 2 is 1.92 bits per heavy atom. The fourth-order valence-corrected chi connectivity index (χ4v) is 7.29. The number of hydrogen-bond donors (Lipinski definition) is 3. The molecular formula is C28H34Cl2N6O2. The lowest BCUT2D eigenvalue weighted by atomic mass is 9.48. The Hall–Kier alpha value is -2.76. The van der Waals surface area contributed by atoms with Gasteiger partial charge in [0.1, 0.15) is 23.1 Å². The van der Waals surface area contributed by atoms with Gasteiger partial charge in [0.25, 0.3) is 0 Å². The summed E-state index contributed by atoms with van der Waals surface area (Å²) in [5, 5.41) is 20.5. The maximum absolute atomic E-state index is 12.5. The van der Waals surface area contributed by atoms with Crippen molar-refractivity contribution in [2.24, 2.45) is 23.2 Å². The summed E-state index contributed by atoms with van der Waals surface area (Å²) in [6, 6.07) is 7.85. The van der Waals surface area contributed by atoms with Gasteiger partial charge in [-0.1, -0.05) is 35.3 Å². The first kappa shape index (κ1) is 26.8. The standard InChI is InChI=1S/C28H34Cl2N6O2/c1-27(2,3)38-26(37)35-23-18-7-16-8-19(23)11-28(9-16,10-18)15-34-24-20(12-31)14-33-25(36-24)32-13-17-5-4-6-21(29)22(17)30/h4-6,14,16,18-19,23H,7-11,13,15H2,1-3H3,(H,35,37)(H2,32,33,34,36)/t16?,18-,19+,23?,28?. The summed E-state index contributed by atoms with van der Waals surface area (Å²) in [6.45, 7) is 6.81. The summed E-state index contributed by atoms with van der Waals surface area (Å²) in [4.78, 5) is 21.4. The SMILES string of the molecule is CC(C)(C)OC(=O)NC1[C@@H]2CC3C[C@H]1CC(CNc1nc(NCc4cccc(Cl)c4Cl)ncc1C#N)(C3)C2. The van der Waals surface area contributed by atoms with E-state index in [1.807, 2.05) is 32.9 Å². The molecule has 5 atom stereocenters. The number of nitriles is 1. The Morgan fingerprint density at radius 3 is 2.61 bits per heavy atom. The topological polar surface area (TPSA) is 112 Å². The lowest BCUT2D eigenvalue weighted by molar-refractivity contribution is -0.0703. The van der Waals surface area contributed by atoms with E-state index in [0.717, 1.165) is 44.2 Å². The molecule has 0 spiro atoms. The van der Waals surface area contributed by atoms with Crippen LogP contribution in [0, 0.1) is 34.5 Å². The van der Waals surface area contributed by atoms with E-state index < -0.39 is 5.60 Å². The van der Waals surface area contributed by atoms with Crippen molar-refractivity contribution in [1.82, 2.24) is 15.3 Å². The van der Waals surface area contributed by atoms with Gasteiger partial charge in [0, 0.05) is 19.1 Å². The highest BCUT2D eigenvalue weighted by atomic mass is 35.5. The van der Waals surface area contributed by atoms with Gasteiger partial charge in [-0.25, -0.2) is 9.78 Å². The molecule has 4 fully saturated rings. The molecule has 0 aliphatic heterocycles. The van der Waals surface area contributed by atoms with Crippen LogP contribution >= 0.6 is 23.2 Å². The quantitative estimate of drug-likeness (QED) is 0.361. The number of anilines is 2. The molecule has 1 amide bonds. The van der Waals surface area contributed by atoms with E-state index in [1.54, 1.807) is 6.07 Å². The molecular weight excluding hydrogens is 523 g/mol. The minimum atomic E-state index is -0.509. The minimum absolute atomic E-state index is 0.127. The van der Waals surface area contributed by atoms with Gasteiger partial charge < -0.3 is 20.7 Å². The van der Waals surface area contributed by atoms with Gasteiger partial charge in [-0.05, 0) is 87.7 Å². The monoisotopic (exact) mass is 556 g/mol. The van der Waals surface area contributed by atoms with Crippen LogP contribution in [-0.4, -0.2) is 34.2 Å². The van der Waals surface area contributed by atoms with Crippen molar-refractivity contribution in [2.75, 3.05) is 17.2 Å². The van der Waals surface area contributed by atoms with Crippen molar-refractivity contribution < 1.29 is 9.53 Å². The highest BCUT2D eigenvalue weighted by Gasteiger charge is 2.55. The van der Waals surface area contributed by atoms with Crippen molar-refractivity contribution in [3.63, 3.8) is 0 Å². The van der Waals surface area contributed by atoms with Gasteiger partial charge in [0.15, 0.2) is 0 Å².